The molecular formula is C15H15BrN2S. The van der Waals surface area contributed by atoms with E-state index in [0.29, 0.717) is 4.99 Å². The fourth-order valence-corrected chi connectivity index (χ4v) is 2.39. The maximum Gasteiger partial charge on any atom is 0.104 e. The van der Waals surface area contributed by atoms with E-state index in [1.165, 1.54) is 11.1 Å². The summed E-state index contributed by atoms with van der Waals surface area (Å²) in [5.74, 6) is 0. The summed E-state index contributed by atoms with van der Waals surface area (Å²) >= 11 is 8.51. The lowest BCUT2D eigenvalue weighted by Gasteiger charge is -2.13. The minimum atomic E-state index is 0.402. The summed E-state index contributed by atoms with van der Waals surface area (Å²) in [6.07, 6.45) is 0. The molecule has 0 spiro atoms. The van der Waals surface area contributed by atoms with E-state index >= 15 is 0 Å². The SMILES string of the molecule is Cc1ccc(C)c(Nc2ccc(C(N)=S)cc2Br)c1. The average molecular weight is 335 g/mol. The molecule has 0 fully saturated rings. The molecule has 19 heavy (non-hydrogen) atoms. The second kappa shape index (κ2) is 5.72. The molecular weight excluding hydrogens is 320 g/mol. The summed E-state index contributed by atoms with van der Waals surface area (Å²) < 4.78 is 0.943. The highest BCUT2D eigenvalue weighted by Crippen LogP contribution is 2.28. The van der Waals surface area contributed by atoms with Gasteiger partial charge < -0.3 is 11.1 Å². The monoisotopic (exact) mass is 334 g/mol. The Balaban J connectivity index is 2.33. The molecule has 0 aliphatic carbocycles. The van der Waals surface area contributed by atoms with Crippen LogP contribution in [0.2, 0.25) is 0 Å². The van der Waals surface area contributed by atoms with Crippen LogP contribution < -0.4 is 11.1 Å². The molecule has 0 aromatic heterocycles. The lowest BCUT2D eigenvalue weighted by Crippen LogP contribution is -2.09. The van der Waals surface area contributed by atoms with Gasteiger partial charge in [-0.15, -0.1) is 0 Å². The molecule has 2 rings (SSSR count). The number of benzene rings is 2. The van der Waals surface area contributed by atoms with Crippen LogP contribution in [0.1, 0.15) is 16.7 Å². The van der Waals surface area contributed by atoms with Crippen LogP contribution in [0.4, 0.5) is 11.4 Å². The average Bonchev–Trinajstić information content (AvgIpc) is 2.36. The molecule has 0 atom stereocenters. The van der Waals surface area contributed by atoms with Gasteiger partial charge in [-0.05, 0) is 65.2 Å². The molecule has 2 aromatic carbocycles. The first kappa shape index (κ1) is 14.0. The number of rotatable bonds is 3. The molecule has 0 saturated carbocycles. The van der Waals surface area contributed by atoms with E-state index in [1.54, 1.807) is 0 Å². The standard InChI is InChI=1S/C15H15BrN2S/c1-9-3-4-10(2)14(7-9)18-13-6-5-11(15(17)19)8-12(13)16/h3-8,18H,1-2H3,(H2,17,19). The molecule has 2 aromatic rings. The van der Waals surface area contributed by atoms with Crippen molar-refractivity contribution >= 4 is 44.5 Å². The molecule has 0 unspecified atom stereocenters. The zero-order valence-electron chi connectivity index (χ0n) is 10.8. The van der Waals surface area contributed by atoms with Gasteiger partial charge in [0.25, 0.3) is 0 Å². The number of nitrogens with one attached hydrogen (secondary N) is 1. The molecule has 0 saturated heterocycles. The Morgan fingerprint density at radius 3 is 2.47 bits per heavy atom. The zero-order valence-corrected chi connectivity index (χ0v) is 13.2. The number of anilines is 2. The molecule has 0 aliphatic heterocycles. The predicted octanol–water partition coefficient (Wildman–Crippen LogP) is 4.44. The van der Waals surface area contributed by atoms with Crippen molar-refractivity contribution in [1.29, 1.82) is 0 Å². The Morgan fingerprint density at radius 1 is 1.11 bits per heavy atom. The minimum Gasteiger partial charge on any atom is -0.389 e. The topological polar surface area (TPSA) is 38.0 Å². The van der Waals surface area contributed by atoms with Gasteiger partial charge in [0.1, 0.15) is 4.99 Å². The second-order valence-corrected chi connectivity index (χ2v) is 5.80. The molecule has 4 heteroatoms. The van der Waals surface area contributed by atoms with Gasteiger partial charge in [-0.2, -0.15) is 0 Å². The summed E-state index contributed by atoms with van der Waals surface area (Å²) in [6, 6.07) is 12.2. The first-order chi connectivity index (χ1) is 8.97. The third kappa shape index (κ3) is 3.33. The van der Waals surface area contributed by atoms with E-state index in [2.05, 4.69) is 53.3 Å². The summed E-state index contributed by atoms with van der Waals surface area (Å²) in [7, 11) is 0. The van der Waals surface area contributed by atoms with Crippen molar-refractivity contribution in [3.8, 4) is 0 Å². The van der Waals surface area contributed by atoms with E-state index in [4.69, 9.17) is 18.0 Å². The van der Waals surface area contributed by atoms with Crippen LogP contribution in [0, 0.1) is 13.8 Å². The van der Waals surface area contributed by atoms with Crippen molar-refractivity contribution in [3.63, 3.8) is 0 Å². The summed E-state index contributed by atoms with van der Waals surface area (Å²) in [4.78, 5) is 0.402. The van der Waals surface area contributed by atoms with Gasteiger partial charge in [0.15, 0.2) is 0 Å². The van der Waals surface area contributed by atoms with Crippen LogP contribution in [0.3, 0.4) is 0 Å². The number of hydrogen-bond acceptors (Lipinski definition) is 2. The molecule has 0 radical (unpaired) electrons. The number of thiocarbonyl (C=S) groups is 1. The zero-order chi connectivity index (χ0) is 14.0. The highest BCUT2D eigenvalue weighted by Gasteiger charge is 2.05. The molecule has 0 aliphatic rings. The highest BCUT2D eigenvalue weighted by molar-refractivity contribution is 9.10. The van der Waals surface area contributed by atoms with Crippen molar-refractivity contribution in [3.05, 3.63) is 57.6 Å². The Kier molecular flexibility index (Phi) is 4.22. The van der Waals surface area contributed by atoms with E-state index in [9.17, 15) is 0 Å². The lowest BCUT2D eigenvalue weighted by atomic mass is 10.1. The first-order valence-electron chi connectivity index (χ1n) is 5.91. The van der Waals surface area contributed by atoms with Crippen LogP contribution in [0.15, 0.2) is 40.9 Å². The number of halogens is 1. The normalized spacial score (nSPS) is 10.3. The lowest BCUT2D eigenvalue weighted by molar-refractivity contribution is 1.37. The Bertz CT molecular complexity index is 638. The van der Waals surface area contributed by atoms with Gasteiger partial charge in [-0.1, -0.05) is 24.4 Å². The van der Waals surface area contributed by atoms with Crippen molar-refractivity contribution in [2.75, 3.05) is 5.32 Å². The van der Waals surface area contributed by atoms with Crippen molar-refractivity contribution in [1.82, 2.24) is 0 Å². The number of nitrogens with two attached hydrogens (primary N) is 1. The fourth-order valence-electron chi connectivity index (χ4n) is 1.79. The van der Waals surface area contributed by atoms with Gasteiger partial charge in [0.05, 0.1) is 5.69 Å². The minimum absolute atomic E-state index is 0.402. The second-order valence-electron chi connectivity index (χ2n) is 4.50. The van der Waals surface area contributed by atoms with Crippen LogP contribution in [0.5, 0.6) is 0 Å². The Labute approximate surface area is 127 Å². The Hall–Kier alpha value is -1.39. The largest absolute Gasteiger partial charge is 0.389 e. The van der Waals surface area contributed by atoms with Crippen molar-refractivity contribution < 1.29 is 0 Å². The quantitative estimate of drug-likeness (QED) is 0.814. The van der Waals surface area contributed by atoms with Crippen LogP contribution in [0.25, 0.3) is 0 Å². The third-order valence-corrected chi connectivity index (χ3v) is 3.81. The van der Waals surface area contributed by atoms with Gasteiger partial charge >= 0.3 is 0 Å². The smallest absolute Gasteiger partial charge is 0.104 e. The van der Waals surface area contributed by atoms with Crippen molar-refractivity contribution in [2.45, 2.75) is 13.8 Å². The number of aryl methyl sites for hydroxylation is 2. The molecule has 98 valence electrons. The maximum atomic E-state index is 5.62. The molecule has 0 heterocycles. The number of hydrogen-bond donors (Lipinski definition) is 2. The fraction of sp³-hybridized carbons (Fsp3) is 0.133. The van der Waals surface area contributed by atoms with E-state index in [-0.39, 0.29) is 0 Å². The summed E-state index contributed by atoms with van der Waals surface area (Å²) in [6.45, 7) is 4.16. The van der Waals surface area contributed by atoms with Gasteiger partial charge in [0.2, 0.25) is 0 Å². The summed E-state index contributed by atoms with van der Waals surface area (Å²) in [5.41, 5.74) is 11.0. The maximum absolute atomic E-state index is 5.62. The molecule has 0 amide bonds. The van der Waals surface area contributed by atoms with Gasteiger partial charge in [0, 0.05) is 15.7 Å². The van der Waals surface area contributed by atoms with Crippen LogP contribution in [-0.2, 0) is 0 Å². The summed E-state index contributed by atoms with van der Waals surface area (Å²) in [5, 5.41) is 3.42. The highest BCUT2D eigenvalue weighted by atomic mass is 79.9. The Morgan fingerprint density at radius 2 is 1.84 bits per heavy atom. The van der Waals surface area contributed by atoms with Crippen LogP contribution >= 0.6 is 28.1 Å². The molecule has 2 nitrogen and oxygen atoms in total. The predicted molar refractivity (Wildman–Crippen MR) is 89.2 cm³/mol. The van der Waals surface area contributed by atoms with Gasteiger partial charge in [-0.3, -0.25) is 0 Å². The first-order valence-corrected chi connectivity index (χ1v) is 7.11. The van der Waals surface area contributed by atoms with Gasteiger partial charge in [-0.25, -0.2) is 0 Å². The van der Waals surface area contributed by atoms with E-state index in [0.717, 1.165) is 21.4 Å². The molecule has 0 bridgehead atoms. The van der Waals surface area contributed by atoms with Crippen LogP contribution in [-0.4, -0.2) is 4.99 Å². The van der Waals surface area contributed by atoms with Crippen molar-refractivity contribution in [2.24, 2.45) is 5.73 Å². The third-order valence-electron chi connectivity index (χ3n) is 2.92. The van der Waals surface area contributed by atoms with E-state index in [1.807, 2.05) is 18.2 Å². The molecule has 3 N–H and O–H groups in total. The van der Waals surface area contributed by atoms with E-state index < -0.39 is 0 Å².